The highest BCUT2D eigenvalue weighted by atomic mass is 35.5. The summed E-state index contributed by atoms with van der Waals surface area (Å²) in [6.45, 7) is 5.41. The third kappa shape index (κ3) is 5.27. The van der Waals surface area contributed by atoms with E-state index in [1.54, 1.807) is 12.1 Å². The first-order valence-corrected chi connectivity index (χ1v) is 8.61. The van der Waals surface area contributed by atoms with E-state index in [1.165, 1.54) is 38.2 Å². The third-order valence-corrected chi connectivity index (χ3v) is 4.83. The van der Waals surface area contributed by atoms with Crippen molar-refractivity contribution in [1.82, 2.24) is 5.32 Å². The van der Waals surface area contributed by atoms with E-state index in [0.717, 1.165) is 18.5 Å². The molecule has 0 bridgehead atoms. The van der Waals surface area contributed by atoms with Gasteiger partial charge in [-0.15, -0.1) is 0 Å². The Morgan fingerprint density at radius 2 is 1.90 bits per heavy atom. The van der Waals surface area contributed by atoms with Gasteiger partial charge in [0.25, 0.3) is 0 Å². The lowest BCUT2D eigenvalue weighted by molar-refractivity contribution is 0.289. The zero-order chi connectivity index (χ0) is 15.2. The standard InChI is InChI=1S/C18H27ClFN/c1-13(2)21-12-15-7-5-3-4-6-14(15)10-16-11-17(19)8-9-18(16)20/h8-9,11,13-15,21H,3-7,10,12H2,1-2H3. The average molecular weight is 312 g/mol. The van der Waals surface area contributed by atoms with Crippen LogP contribution >= 0.6 is 11.6 Å². The molecule has 0 saturated heterocycles. The molecule has 118 valence electrons. The van der Waals surface area contributed by atoms with Crippen molar-refractivity contribution in [2.24, 2.45) is 11.8 Å². The second-order valence-corrected chi connectivity index (χ2v) is 7.10. The van der Waals surface area contributed by atoms with E-state index in [2.05, 4.69) is 19.2 Å². The molecule has 1 aromatic carbocycles. The maximum Gasteiger partial charge on any atom is 0.126 e. The van der Waals surface area contributed by atoms with E-state index >= 15 is 0 Å². The summed E-state index contributed by atoms with van der Waals surface area (Å²) in [5.74, 6) is 1.10. The molecular weight excluding hydrogens is 285 g/mol. The molecule has 1 aliphatic carbocycles. The van der Waals surface area contributed by atoms with Gasteiger partial charge >= 0.3 is 0 Å². The molecule has 1 fully saturated rings. The summed E-state index contributed by atoms with van der Waals surface area (Å²) >= 11 is 6.03. The highest BCUT2D eigenvalue weighted by Crippen LogP contribution is 2.32. The summed E-state index contributed by atoms with van der Waals surface area (Å²) in [6.07, 6.45) is 7.16. The predicted octanol–water partition coefficient (Wildman–Crippen LogP) is 5.22. The minimum absolute atomic E-state index is 0.112. The number of nitrogens with one attached hydrogen (secondary N) is 1. The summed E-state index contributed by atoms with van der Waals surface area (Å²) in [5.41, 5.74) is 0.781. The van der Waals surface area contributed by atoms with E-state index in [9.17, 15) is 4.39 Å². The Kier molecular flexibility index (Phi) is 6.50. The highest BCUT2D eigenvalue weighted by Gasteiger charge is 2.25. The van der Waals surface area contributed by atoms with Gasteiger partial charge in [-0.3, -0.25) is 0 Å². The van der Waals surface area contributed by atoms with Crippen LogP contribution in [0.3, 0.4) is 0 Å². The molecule has 0 radical (unpaired) electrons. The number of halogens is 2. The van der Waals surface area contributed by atoms with Crippen molar-refractivity contribution in [1.29, 1.82) is 0 Å². The predicted molar refractivity (Wildman–Crippen MR) is 88.3 cm³/mol. The van der Waals surface area contributed by atoms with Crippen LogP contribution in [0.5, 0.6) is 0 Å². The molecule has 1 nitrogen and oxygen atoms in total. The van der Waals surface area contributed by atoms with E-state index < -0.39 is 0 Å². The molecular formula is C18H27ClFN. The van der Waals surface area contributed by atoms with Crippen molar-refractivity contribution >= 4 is 11.6 Å². The molecule has 1 saturated carbocycles. The molecule has 0 spiro atoms. The largest absolute Gasteiger partial charge is 0.314 e. The van der Waals surface area contributed by atoms with Gasteiger partial charge in [0.2, 0.25) is 0 Å². The fraction of sp³-hybridized carbons (Fsp3) is 0.667. The van der Waals surface area contributed by atoms with Crippen molar-refractivity contribution in [3.8, 4) is 0 Å². The fourth-order valence-electron chi connectivity index (χ4n) is 3.37. The Morgan fingerprint density at radius 1 is 1.19 bits per heavy atom. The van der Waals surface area contributed by atoms with E-state index in [-0.39, 0.29) is 5.82 Å². The summed E-state index contributed by atoms with van der Waals surface area (Å²) in [5, 5.41) is 4.20. The maximum atomic E-state index is 14.0. The molecule has 0 heterocycles. The van der Waals surface area contributed by atoms with Crippen LogP contribution in [-0.2, 0) is 6.42 Å². The minimum atomic E-state index is -0.112. The number of hydrogen-bond acceptors (Lipinski definition) is 1. The first-order chi connectivity index (χ1) is 10.1. The Labute approximate surface area is 133 Å². The van der Waals surface area contributed by atoms with Crippen molar-refractivity contribution in [3.63, 3.8) is 0 Å². The molecule has 21 heavy (non-hydrogen) atoms. The Bertz CT molecular complexity index is 447. The quantitative estimate of drug-likeness (QED) is 0.735. The lowest BCUT2D eigenvalue weighted by atomic mass is 9.83. The van der Waals surface area contributed by atoms with Crippen LogP contribution in [0.15, 0.2) is 18.2 Å². The van der Waals surface area contributed by atoms with Crippen LogP contribution in [0.2, 0.25) is 5.02 Å². The lowest BCUT2D eigenvalue weighted by Crippen LogP contribution is -2.33. The summed E-state index contributed by atoms with van der Waals surface area (Å²) in [4.78, 5) is 0. The van der Waals surface area contributed by atoms with Gasteiger partial charge in [0, 0.05) is 11.1 Å². The summed E-state index contributed by atoms with van der Waals surface area (Å²) in [7, 11) is 0. The van der Waals surface area contributed by atoms with Crippen LogP contribution < -0.4 is 5.32 Å². The van der Waals surface area contributed by atoms with Gasteiger partial charge in [0.05, 0.1) is 0 Å². The van der Waals surface area contributed by atoms with Crippen molar-refractivity contribution in [2.75, 3.05) is 6.54 Å². The van der Waals surface area contributed by atoms with Crippen molar-refractivity contribution in [3.05, 3.63) is 34.6 Å². The van der Waals surface area contributed by atoms with Gasteiger partial charge < -0.3 is 5.32 Å². The first-order valence-electron chi connectivity index (χ1n) is 8.23. The third-order valence-electron chi connectivity index (χ3n) is 4.59. The smallest absolute Gasteiger partial charge is 0.126 e. The van der Waals surface area contributed by atoms with Gasteiger partial charge in [-0.1, -0.05) is 44.7 Å². The summed E-state index contributed by atoms with van der Waals surface area (Å²) < 4.78 is 14.0. The zero-order valence-corrected chi connectivity index (χ0v) is 13.9. The van der Waals surface area contributed by atoms with Gasteiger partial charge in [-0.05, 0) is 61.4 Å². The van der Waals surface area contributed by atoms with Crippen molar-refractivity contribution < 1.29 is 4.39 Å². The van der Waals surface area contributed by atoms with E-state index in [1.807, 2.05) is 0 Å². The maximum absolute atomic E-state index is 14.0. The average Bonchev–Trinajstić information content (AvgIpc) is 2.66. The Hall–Kier alpha value is -0.600. The second-order valence-electron chi connectivity index (χ2n) is 6.66. The molecule has 1 aromatic rings. The molecule has 1 N–H and O–H groups in total. The Balaban J connectivity index is 2.07. The second kappa shape index (κ2) is 8.14. The molecule has 2 atom stereocenters. The van der Waals surface area contributed by atoms with Crippen LogP contribution in [0, 0.1) is 17.7 Å². The van der Waals surface area contributed by atoms with Crippen molar-refractivity contribution in [2.45, 2.75) is 58.4 Å². The van der Waals surface area contributed by atoms with Crippen LogP contribution in [-0.4, -0.2) is 12.6 Å². The molecule has 3 heteroatoms. The summed E-state index contributed by atoms with van der Waals surface area (Å²) in [6, 6.07) is 5.44. The van der Waals surface area contributed by atoms with Gasteiger partial charge in [0.15, 0.2) is 0 Å². The molecule has 2 unspecified atom stereocenters. The Morgan fingerprint density at radius 3 is 2.62 bits per heavy atom. The molecule has 2 rings (SSSR count). The number of benzene rings is 1. The molecule has 1 aliphatic rings. The minimum Gasteiger partial charge on any atom is -0.314 e. The van der Waals surface area contributed by atoms with Crippen LogP contribution in [0.25, 0.3) is 0 Å². The van der Waals surface area contributed by atoms with Gasteiger partial charge in [-0.25, -0.2) is 4.39 Å². The van der Waals surface area contributed by atoms with Crippen LogP contribution in [0.4, 0.5) is 4.39 Å². The SMILES string of the molecule is CC(C)NCC1CCCCCC1Cc1cc(Cl)ccc1F. The number of rotatable bonds is 5. The van der Waals surface area contributed by atoms with Crippen LogP contribution in [0.1, 0.15) is 51.5 Å². The van der Waals surface area contributed by atoms with Gasteiger partial charge in [-0.2, -0.15) is 0 Å². The molecule has 0 aliphatic heterocycles. The van der Waals surface area contributed by atoms with Gasteiger partial charge in [0.1, 0.15) is 5.82 Å². The highest BCUT2D eigenvalue weighted by molar-refractivity contribution is 6.30. The topological polar surface area (TPSA) is 12.0 Å². The number of hydrogen-bond donors (Lipinski definition) is 1. The molecule has 0 aromatic heterocycles. The van der Waals surface area contributed by atoms with E-state index in [4.69, 9.17) is 11.6 Å². The lowest BCUT2D eigenvalue weighted by Gasteiger charge is -2.27. The first kappa shape index (κ1) is 16.8. The van der Waals surface area contributed by atoms with E-state index in [0.29, 0.717) is 22.9 Å². The monoisotopic (exact) mass is 311 g/mol. The normalized spacial score (nSPS) is 23.3. The zero-order valence-electron chi connectivity index (χ0n) is 13.2. The fourth-order valence-corrected chi connectivity index (χ4v) is 3.56. The molecule has 0 amide bonds.